The Morgan fingerprint density at radius 2 is 1.71 bits per heavy atom. The van der Waals surface area contributed by atoms with E-state index in [0.29, 0.717) is 13.1 Å². The number of carbonyl (C=O) groups excluding carboxylic acids is 1. The number of unbranched alkanes of at least 4 members (excludes halogenated alkanes) is 1. The van der Waals surface area contributed by atoms with Gasteiger partial charge >= 0.3 is 0 Å². The Labute approximate surface area is 204 Å². The summed E-state index contributed by atoms with van der Waals surface area (Å²) in [5.41, 5.74) is 3.71. The molecule has 1 amide bonds. The fraction of sp³-hybridized carbons (Fsp3) is 0.500. The largest absolute Gasteiger partial charge is 0.368 e. The van der Waals surface area contributed by atoms with E-state index >= 15 is 0 Å². The van der Waals surface area contributed by atoms with Crippen molar-refractivity contribution in [3.05, 3.63) is 59.7 Å². The highest BCUT2D eigenvalue weighted by Gasteiger charge is 2.42. The Balaban J connectivity index is 1.46. The monoisotopic (exact) mass is 484 g/mol. The second-order valence-corrected chi connectivity index (χ2v) is 11.3. The van der Waals surface area contributed by atoms with Crippen molar-refractivity contribution in [2.45, 2.75) is 44.6 Å². The second-order valence-electron chi connectivity index (χ2n) is 9.38. The first-order valence-electron chi connectivity index (χ1n) is 12.2. The number of piperazine rings is 1. The van der Waals surface area contributed by atoms with Crippen molar-refractivity contribution in [2.24, 2.45) is 0 Å². The van der Waals surface area contributed by atoms with Gasteiger partial charge in [0, 0.05) is 45.0 Å². The first-order chi connectivity index (χ1) is 16.3. The lowest BCUT2D eigenvalue weighted by atomic mass is 10.1. The van der Waals surface area contributed by atoms with Gasteiger partial charge in [0.1, 0.15) is 6.04 Å². The van der Waals surface area contributed by atoms with E-state index in [1.165, 1.54) is 21.1 Å². The highest BCUT2D eigenvalue weighted by molar-refractivity contribution is 7.89. The van der Waals surface area contributed by atoms with Crippen LogP contribution in [-0.4, -0.2) is 80.4 Å². The van der Waals surface area contributed by atoms with E-state index in [1.807, 2.05) is 9.80 Å². The zero-order valence-electron chi connectivity index (χ0n) is 20.5. The highest BCUT2D eigenvalue weighted by atomic mass is 32.2. The fourth-order valence-electron chi connectivity index (χ4n) is 4.84. The Bertz CT molecular complexity index is 1100. The fourth-order valence-corrected chi connectivity index (χ4v) is 6.28. The summed E-state index contributed by atoms with van der Waals surface area (Å²) >= 11 is 0. The van der Waals surface area contributed by atoms with Gasteiger partial charge in [0.05, 0.1) is 11.6 Å². The summed E-state index contributed by atoms with van der Waals surface area (Å²) in [7, 11) is -3.63. The zero-order valence-corrected chi connectivity index (χ0v) is 21.3. The summed E-state index contributed by atoms with van der Waals surface area (Å²) in [4.78, 5) is 20.2. The lowest BCUT2D eigenvalue weighted by Gasteiger charge is -2.38. The molecule has 2 heterocycles. The molecule has 7 nitrogen and oxygen atoms in total. The average Bonchev–Trinajstić information content (AvgIpc) is 3.29. The predicted molar refractivity (Wildman–Crippen MR) is 135 cm³/mol. The third-order valence-electron chi connectivity index (χ3n) is 6.92. The number of nitrogens with zero attached hydrogens (tertiary/aromatic N) is 4. The topological polar surface area (TPSA) is 64.2 Å². The van der Waals surface area contributed by atoms with Gasteiger partial charge in [0.2, 0.25) is 15.9 Å². The SMILES string of the molecule is CCCCN1CN(S(=O)(=O)c2ccccc2)CC1C(=O)N1CCN(c2cc(C)ccc2C)CC1. The van der Waals surface area contributed by atoms with Gasteiger partial charge in [0.25, 0.3) is 0 Å². The van der Waals surface area contributed by atoms with Crippen molar-refractivity contribution in [3.63, 3.8) is 0 Å². The summed E-state index contributed by atoms with van der Waals surface area (Å²) in [6, 6.07) is 14.6. The summed E-state index contributed by atoms with van der Waals surface area (Å²) in [6.45, 7) is 10.4. The lowest BCUT2D eigenvalue weighted by molar-refractivity contribution is -0.135. The molecule has 2 aromatic carbocycles. The van der Waals surface area contributed by atoms with Crippen molar-refractivity contribution in [3.8, 4) is 0 Å². The van der Waals surface area contributed by atoms with Crippen molar-refractivity contribution in [1.82, 2.24) is 14.1 Å². The summed E-state index contributed by atoms with van der Waals surface area (Å²) in [5, 5.41) is 0. The van der Waals surface area contributed by atoms with Gasteiger partial charge in [-0.25, -0.2) is 8.42 Å². The predicted octanol–water partition coefficient (Wildman–Crippen LogP) is 3.08. The highest BCUT2D eigenvalue weighted by Crippen LogP contribution is 2.26. The number of amides is 1. The molecule has 0 aromatic heterocycles. The lowest BCUT2D eigenvalue weighted by Crippen LogP contribution is -2.54. The first-order valence-corrected chi connectivity index (χ1v) is 13.7. The number of anilines is 1. The van der Waals surface area contributed by atoms with Gasteiger partial charge < -0.3 is 9.80 Å². The minimum absolute atomic E-state index is 0.0440. The molecule has 0 saturated carbocycles. The molecule has 1 unspecified atom stereocenters. The molecule has 184 valence electrons. The Morgan fingerprint density at radius 1 is 1.00 bits per heavy atom. The van der Waals surface area contributed by atoms with Crippen LogP contribution in [0.3, 0.4) is 0 Å². The van der Waals surface area contributed by atoms with Gasteiger partial charge in [0.15, 0.2) is 0 Å². The number of benzene rings is 2. The molecule has 2 fully saturated rings. The zero-order chi connectivity index (χ0) is 24.3. The Morgan fingerprint density at radius 3 is 2.38 bits per heavy atom. The molecule has 0 radical (unpaired) electrons. The van der Waals surface area contributed by atoms with Gasteiger partial charge in [-0.3, -0.25) is 9.69 Å². The van der Waals surface area contributed by atoms with E-state index in [0.717, 1.165) is 32.5 Å². The number of rotatable bonds is 7. The van der Waals surface area contributed by atoms with Gasteiger partial charge in [-0.15, -0.1) is 0 Å². The summed E-state index contributed by atoms with van der Waals surface area (Å²) < 4.78 is 27.9. The number of sulfonamides is 1. The van der Waals surface area contributed by atoms with Crippen LogP contribution in [0, 0.1) is 13.8 Å². The molecule has 0 bridgehead atoms. The smallest absolute Gasteiger partial charge is 0.244 e. The average molecular weight is 485 g/mol. The van der Waals surface area contributed by atoms with Crippen molar-refractivity contribution in [2.75, 3.05) is 50.8 Å². The molecular weight excluding hydrogens is 448 g/mol. The minimum Gasteiger partial charge on any atom is -0.368 e. The quantitative estimate of drug-likeness (QED) is 0.604. The van der Waals surface area contributed by atoms with Crippen LogP contribution in [0.5, 0.6) is 0 Å². The van der Waals surface area contributed by atoms with Crippen LogP contribution in [0.15, 0.2) is 53.4 Å². The first kappa shape index (κ1) is 24.7. The second kappa shape index (κ2) is 10.5. The standard InChI is InChI=1S/C26H36N4O3S/c1-4-5-13-29-20-30(34(32,33)23-9-7-6-8-10-23)19-25(29)26(31)28-16-14-27(15-17-28)24-18-21(2)11-12-22(24)3/h6-12,18,25H,4-5,13-17,19-20H2,1-3H3. The van der Waals surface area contributed by atoms with Crippen molar-refractivity contribution >= 4 is 21.6 Å². The van der Waals surface area contributed by atoms with Crippen LogP contribution in [0.2, 0.25) is 0 Å². The Kier molecular flexibility index (Phi) is 7.60. The third-order valence-corrected chi connectivity index (χ3v) is 8.73. The minimum atomic E-state index is -3.63. The van der Waals surface area contributed by atoms with Crippen LogP contribution in [0.1, 0.15) is 30.9 Å². The van der Waals surface area contributed by atoms with Gasteiger partial charge in [-0.05, 0) is 49.6 Å². The van der Waals surface area contributed by atoms with Crippen LogP contribution in [-0.2, 0) is 14.8 Å². The number of hydrogen-bond donors (Lipinski definition) is 0. The van der Waals surface area contributed by atoms with Crippen LogP contribution in [0.4, 0.5) is 5.69 Å². The normalized spacial score (nSPS) is 20.1. The number of carbonyl (C=O) groups is 1. The maximum absolute atomic E-state index is 13.6. The van der Waals surface area contributed by atoms with Crippen LogP contribution in [0.25, 0.3) is 0 Å². The van der Waals surface area contributed by atoms with Gasteiger partial charge in [-0.2, -0.15) is 4.31 Å². The van der Waals surface area contributed by atoms with E-state index < -0.39 is 16.1 Å². The molecule has 2 aliphatic rings. The maximum Gasteiger partial charge on any atom is 0.244 e. The van der Waals surface area contributed by atoms with E-state index in [1.54, 1.807) is 30.3 Å². The third kappa shape index (κ3) is 5.14. The van der Waals surface area contributed by atoms with Crippen LogP contribution >= 0.6 is 0 Å². The molecule has 2 aliphatic heterocycles. The van der Waals surface area contributed by atoms with Crippen molar-refractivity contribution < 1.29 is 13.2 Å². The maximum atomic E-state index is 13.6. The molecule has 2 saturated heterocycles. The van der Waals surface area contributed by atoms with E-state index in [4.69, 9.17) is 0 Å². The molecule has 2 aromatic rings. The van der Waals surface area contributed by atoms with E-state index in [-0.39, 0.29) is 24.0 Å². The molecule has 0 spiro atoms. The molecular formula is C26H36N4O3S. The number of aryl methyl sites for hydroxylation is 2. The molecule has 1 atom stereocenters. The summed E-state index contributed by atoms with van der Waals surface area (Å²) in [5.74, 6) is 0.0440. The van der Waals surface area contributed by atoms with E-state index in [2.05, 4.69) is 43.9 Å². The number of hydrogen-bond acceptors (Lipinski definition) is 5. The molecule has 0 N–H and O–H groups in total. The summed E-state index contributed by atoms with van der Waals surface area (Å²) in [6.07, 6.45) is 1.93. The molecule has 8 heteroatoms. The van der Waals surface area contributed by atoms with Crippen molar-refractivity contribution in [1.29, 1.82) is 0 Å². The molecule has 34 heavy (non-hydrogen) atoms. The molecule has 4 rings (SSSR count). The van der Waals surface area contributed by atoms with Gasteiger partial charge in [-0.1, -0.05) is 43.7 Å². The Hall–Kier alpha value is -2.42. The van der Waals surface area contributed by atoms with E-state index in [9.17, 15) is 13.2 Å². The van der Waals surface area contributed by atoms with Crippen LogP contribution < -0.4 is 4.90 Å². The molecule has 0 aliphatic carbocycles.